The van der Waals surface area contributed by atoms with Crippen LogP contribution in [0.1, 0.15) is 5.56 Å². The van der Waals surface area contributed by atoms with Crippen molar-refractivity contribution in [3.8, 4) is 16.8 Å². The largest absolute Gasteiger partial charge is 0.305 e. The summed E-state index contributed by atoms with van der Waals surface area (Å²) in [6.07, 6.45) is 8.42. The predicted molar refractivity (Wildman–Crippen MR) is 134 cm³/mol. The van der Waals surface area contributed by atoms with E-state index in [0.29, 0.717) is 5.69 Å². The lowest BCUT2D eigenvalue weighted by Gasteiger charge is -2.09. The van der Waals surface area contributed by atoms with Gasteiger partial charge in [0, 0.05) is 12.4 Å². The molecule has 0 bridgehead atoms. The zero-order valence-corrected chi connectivity index (χ0v) is 19.0. The minimum Gasteiger partial charge on any atom is -0.305 e. The van der Waals surface area contributed by atoms with Crippen LogP contribution >= 0.6 is 0 Å². The molecule has 5 aromatic rings. The Bertz CT molecular complexity index is 1590. The van der Waals surface area contributed by atoms with E-state index in [1.54, 1.807) is 65.8 Å². The molecule has 0 radical (unpaired) electrons. The van der Waals surface area contributed by atoms with E-state index in [0.717, 1.165) is 27.5 Å². The monoisotopic (exact) mass is 468 g/mol. The molecule has 4 aromatic carbocycles. The third-order valence-electron chi connectivity index (χ3n) is 5.65. The second kappa shape index (κ2) is 9.08. The Labute approximate surface area is 197 Å². The standard InChI is InChI=1S/C28H21FN2O2S/c29-26-13-11-22(12-14-26)24-10-9-23-18-21(7-8-25(23)19-24)4-3-17-34(32,33)28-6-2-1-5-27(28)31-16-15-30-20-31/h1-16,18-20H,17H2. The lowest BCUT2D eigenvalue weighted by molar-refractivity contribution is 0.598. The van der Waals surface area contributed by atoms with Crippen molar-refractivity contribution in [2.24, 2.45) is 0 Å². The van der Waals surface area contributed by atoms with Crippen molar-refractivity contribution in [3.05, 3.63) is 121 Å². The number of sulfone groups is 1. The molecule has 0 amide bonds. The molecule has 0 aliphatic carbocycles. The maximum Gasteiger partial charge on any atom is 0.183 e. The van der Waals surface area contributed by atoms with Gasteiger partial charge in [-0.05, 0) is 63.9 Å². The van der Waals surface area contributed by atoms with Crippen LogP contribution in [0.2, 0.25) is 0 Å². The molecule has 1 aromatic heterocycles. The van der Waals surface area contributed by atoms with Gasteiger partial charge in [0.2, 0.25) is 0 Å². The van der Waals surface area contributed by atoms with Crippen molar-refractivity contribution in [3.63, 3.8) is 0 Å². The normalized spacial score (nSPS) is 11.9. The molecule has 6 heteroatoms. The molecule has 0 saturated carbocycles. The van der Waals surface area contributed by atoms with Gasteiger partial charge in [0.1, 0.15) is 5.82 Å². The highest BCUT2D eigenvalue weighted by Gasteiger charge is 2.17. The van der Waals surface area contributed by atoms with E-state index in [9.17, 15) is 12.8 Å². The highest BCUT2D eigenvalue weighted by Crippen LogP contribution is 2.26. The smallest absolute Gasteiger partial charge is 0.183 e. The number of benzene rings is 4. The number of rotatable bonds is 6. The highest BCUT2D eigenvalue weighted by molar-refractivity contribution is 7.91. The summed E-state index contributed by atoms with van der Waals surface area (Å²) >= 11 is 0. The van der Waals surface area contributed by atoms with Crippen molar-refractivity contribution in [2.75, 3.05) is 5.75 Å². The van der Waals surface area contributed by atoms with Crippen molar-refractivity contribution < 1.29 is 12.8 Å². The molecule has 0 aliphatic heterocycles. The molecule has 0 N–H and O–H groups in total. The maximum absolute atomic E-state index is 13.2. The molecule has 34 heavy (non-hydrogen) atoms. The minimum atomic E-state index is -3.53. The van der Waals surface area contributed by atoms with E-state index in [2.05, 4.69) is 11.1 Å². The quantitative estimate of drug-likeness (QED) is 0.293. The van der Waals surface area contributed by atoms with Crippen LogP contribution in [0.3, 0.4) is 0 Å². The summed E-state index contributed by atoms with van der Waals surface area (Å²) in [5, 5.41) is 2.10. The summed E-state index contributed by atoms with van der Waals surface area (Å²) in [5.41, 5.74) is 3.46. The minimum absolute atomic E-state index is 0.111. The van der Waals surface area contributed by atoms with E-state index in [1.165, 1.54) is 12.1 Å². The Hall–Kier alpha value is -4.03. The number of fused-ring (bicyclic) bond motifs is 1. The van der Waals surface area contributed by atoms with Gasteiger partial charge in [-0.2, -0.15) is 0 Å². The molecule has 0 aliphatic rings. The van der Waals surface area contributed by atoms with Gasteiger partial charge in [-0.25, -0.2) is 17.8 Å². The molecule has 0 fully saturated rings. The summed E-state index contributed by atoms with van der Waals surface area (Å²) in [5.74, 6) is -0.367. The van der Waals surface area contributed by atoms with Crippen LogP contribution in [0.5, 0.6) is 0 Å². The van der Waals surface area contributed by atoms with E-state index in [-0.39, 0.29) is 16.5 Å². The summed E-state index contributed by atoms with van der Waals surface area (Å²) in [6, 6.07) is 25.4. The average Bonchev–Trinajstić information content (AvgIpc) is 3.39. The van der Waals surface area contributed by atoms with E-state index >= 15 is 0 Å². The Balaban J connectivity index is 1.36. The molecule has 0 spiro atoms. The Morgan fingerprint density at radius 1 is 0.853 bits per heavy atom. The van der Waals surface area contributed by atoms with E-state index in [1.807, 2.05) is 36.4 Å². The van der Waals surface area contributed by atoms with Crippen molar-refractivity contribution in [1.29, 1.82) is 0 Å². The van der Waals surface area contributed by atoms with Gasteiger partial charge in [0.15, 0.2) is 9.84 Å². The van der Waals surface area contributed by atoms with Crippen LogP contribution in [-0.4, -0.2) is 23.7 Å². The van der Waals surface area contributed by atoms with Gasteiger partial charge < -0.3 is 4.57 Å². The van der Waals surface area contributed by atoms with Gasteiger partial charge >= 0.3 is 0 Å². The first-order valence-corrected chi connectivity index (χ1v) is 12.4. The average molecular weight is 469 g/mol. The van der Waals surface area contributed by atoms with Crippen LogP contribution < -0.4 is 0 Å². The first-order chi connectivity index (χ1) is 16.5. The van der Waals surface area contributed by atoms with Crippen LogP contribution in [0.15, 0.2) is 115 Å². The molecule has 1 heterocycles. The lowest BCUT2D eigenvalue weighted by atomic mass is 10.00. The topological polar surface area (TPSA) is 52.0 Å². The Morgan fingerprint density at radius 2 is 1.59 bits per heavy atom. The number of nitrogens with zero attached hydrogens (tertiary/aromatic N) is 2. The van der Waals surface area contributed by atoms with Crippen LogP contribution in [-0.2, 0) is 9.84 Å². The van der Waals surface area contributed by atoms with E-state index < -0.39 is 9.84 Å². The molecule has 4 nitrogen and oxygen atoms in total. The van der Waals surface area contributed by atoms with Crippen LogP contribution in [0, 0.1) is 5.82 Å². The molecule has 5 rings (SSSR count). The SMILES string of the molecule is O=S(=O)(CC=Cc1ccc2cc(-c3ccc(F)cc3)ccc2c1)c1ccccc1-n1ccnc1. The number of para-hydroxylation sites is 1. The number of imidazole rings is 1. The molecule has 0 saturated heterocycles. The molecule has 0 atom stereocenters. The number of hydrogen-bond acceptors (Lipinski definition) is 3. The van der Waals surface area contributed by atoms with E-state index in [4.69, 9.17) is 0 Å². The van der Waals surface area contributed by atoms with Crippen LogP contribution in [0.25, 0.3) is 33.7 Å². The summed E-state index contributed by atoms with van der Waals surface area (Å²) < 4.78 is 41.0. The number of aromatic nitrogens is 2. The van der Waals surface area contributed by atoms with Crippen molar-refractivity contribution in [2.45, 2.75) is 4.90 Å². The summed E-state index contributed by atoms with van der Waals surface area (Å²) in [7, 11) is -3.53. The third kappa shape index (κ3) is 4.54. The summed E-state index contributed by atoms with van der Waals surface area (Å²) in [6.45, 7) is 0. The number of hydrogen-bond donors (Lipinski definition) is 0. The maximum atomic E-state index is 13.2. The van der Waals surface area contributed by atoms with Gasteiger partial charge in [0.05, 0.1) is 22.7 Å². The first kappa shape index (κ1) is 21.8. The molecular formula is C28H21FN2O2S. The van der Waals surface area contributed by atoms with Crippen LogP contribution in [0.4, 0.5) is 4.39 Å². The van der Waals surface area contributed by atoms with Crippen molar-refractivity contribution >= 4 is 26.7 Å². The first-order valence-electron chi connectivity index (χ1n) is 10.8. The zero-order valence-electron chi connectivity index (χ0n) is 18.2. The second-order valence-corrected chi connectivity index (χ2v) is 9.95. The Morgan fingerprint density at radius 3 is 2.38 bits per heavy atom. The third-order valence-corrected chi connectivity index (χ3v) is 7.30. The lowest BCUT2D eigenvalue weighted by Crippen LogP contribution is -2.08. The zero-order chi connectivity index (χ0) is 23.5. The predicted octanol–water partition coefficient (Wildman–Crippen LogP) is 6.32. The van der Waals surface area contributed by atoms with Gasteiger partial charge in [-0.1, -0.05) is 60.7 Å². The fourth-order valence-corrected chi connectivity index (χ4v) is 5.23. The molecule has 0 unspecified atom stereocenters. The highest BCUT2D eigenvalue weighted by atomic mass is 32.2. The van der Waals surface area contributed by atoms with Gasteiger partial charge in [-0.3, -0.25) is 0 Å². The Kier molecular flexibility index (Phi) is 5.82. The fraction of sp³-hybridized carbons (Fsp3) is 0.0357. The molecule has 168 valence electrons. The molecular weight excluding hydrogens is 447 g/mol. The van der Waals surface area contributed by atoms with Gasteiger partial charge in [0.25, 0.3) is 0 Å². The van der Waals surface area contributed by atoms with Gasteiger partial charge in [-0.15, -0.1) is 0 Å². The number of halogens is 1. The second-order valence-electron chi connectivity index (χ2n) is 7.95. The van der Waals surface area contributed by atoms with Crippen molar-refractivity contribution in [1.82, 2.24) is 9.55 Å². The fourth-order valence-electron chi connectivity index (χ4n) is 3.93. The summed E-state index contributed by atoms with van der Waals surface area (Å²) in [4.78, 5) is 4.28.